The van der Waals surface area contributed by atoms with E-state index in [-0.39, 0.29) is 23.0 Å². The van der Waals surface area contributed by atoms with Crippen molar-refractivity contribution in [2.24, 2.45) is 10.9 Å². The maximum atomic E-state index is 14.5. The number of halogens is 3. The van der Waals surface area contributed by atoms with Crippen LogP contribution in [-0.4, -0.2) is 53.2 Å². The highest BCUT2D eigenvalue weighted by atomic mass is 19.3. The van der Waals surface area contributed by atoms with Crippen LogP contribution in [-0.2, 0) is 12.5 Å². The highest BCUT2D eigenvalue weighted by Crippen LogP contribution is 2.35. The van der Waals surface area contributed by atoms with Crippen LogP contribution in [0.5, 0.6) is 0 Å². The molecule has 0 saturated heterocycles. The number of aldehydes is 1. The van der Waals surface area contributed by atoms with Crippen molar-refractivity contribution in [1.82, 2.24) is 14.7 Å². The van der Waals surface area contributed by atoms with Crippen LogP contribution < -0.4 is 5.32 Å². The molecule has 10 heteroatoms. The van der Waals surface area contributed by atoms with E-state index >= 15 is 0 Å². The highest BCUT2D eigenvalue weighted by molar-refractivity contribution is 5.97. The Morgan fingerprint density at radius 2 is 2.03 bits per heavy atom. The molecule has 2 aromatic rings. The fourth-order valence-corrected chi connectivity index (χ4v) is 3.41. The maximum absolute atomic E-state index is 14.5. The van der Waals surface area contributed by atoms with Gasteiger partial charge in [-0.25, -0.2) is 17.9 Å². The van der Waals surface area contributed by atoms with Crippen LogP contribution in [0.2, 0.25) is 0 Å². The molecule has 0 fully saturated rings. The largest absolute Gasteiger partial charge is 0.390 e. The summed E-state index contributed by atoms with van der Waals surface area (Å²) in [5, 5.41) is 17.1. The summed E-state index contributed by atoms with van der Waals surface area (Å²) in [5.74, 6) is -3.83. The number of hydrogen-bond acceptors (Lipinski definition) is 4. The predicted molar refractivity (Wildman–Crippen MR) is 113 cm³/mol. The van der Waals surface area contributed by atoms with Crippen LogP contribution in [0.4, 0.5) is 19.0 Å². The monoisotopic (exact) mass is 439 g/mol. The number of anilines is 1. The molecule has 0 spiro atoms. The van der Waals surface area contributed by atoms with Gasteiger partial charge in [0.2, 0.25) is 0 Å². The average molecular weight is 439 g/mol. The first kappa shape index (κ1) is 24.4. The lowest BCUT2D eigenvalue weighted by Gasteiger charge is -2.26. The SMILES string of the molecule is CN=C(Nc1c(C=O)c(CO)nn1C(c1ccc(C(C)(F)F)c(F)c1)C(C)C)N(C)C. The van der Waals surface area contributed by atoms with Gasteiger partial charge in [0, 0.05) is 28.1 Å². The number of nitrogens with one attached hydrogen (secondary N) is 1. The van der Waals surface area contributed by atoms with Crippen molar-refractivity contribution in [1.29, 1.82) is 0 Å². The zero-order valence-corrected chi connectivity index (χ0v) is 18.4. The first-order valence-electron chi connectivity index (χ1n) is 9.72. The number of rotatable bonds is 7. The molecule has 0 bridgehead atoms. The summed E-state index contributed by atoms with van der Waals surface area (Å²) in [5.41, 5.74) is -0.0362. The Labute approximate surface area is 179 Å². The van der Waals surface area contributed by atoms with Gasteiger partial charge in [0.25, 0.3) is 5.92 Å². The molecule has 2 N–H and O–H groups in total. The minimum Gasteiger partial charge on any atom is -0.390 e. The number of aliphatic hydroxyl groups is 1. The van der Waals surface area contributed by atoms with Crippen molar-refractivity contribution in [3.8, 4) is 0 Å². The van der Waals surface area contributed by atoms with Gasteiger partial charge in [0.1, 0.15) is 17.3 Å². The molecule has 0 radical (unpaired) electrons. The molecule has 1 aromatic carbocycles. The summed E-state index contributed by atoms with van der Waals surface area (Å²) in [6.07, 6.45) is 0.568. The van der Waals surface area contributed by atoms with Crippen LogP contribution in [0, 0.1) is 11.7 Å². The van der Waals surface area contributed by atoms with Crippen LogP contribution in [0.15, 0.2) is 23.2 Å². The van der Waals surface area contributed by atoms with Gasteiger partial charge in [-0.3, -0.25) is 9.79 Å². The summed E-state index contributed by atoms with van der Waals surface area (Å²) in [4.78, 5) is 17.6. The molecule has 0 aliphatic carbocycles. The van der Waals surface area contributed by atoms with E-state index < -0.39 is 30.0 Å². The first-order chi connectivity index (χ1) is 14.5. The van der Waals surface area contributed by atoms with Crippen LogP contribution in [0.1, 0.15) is 54.0 Å². The third-order valence-corrected chi connectivity index (χ3v) is 4.86. The topological polar surface area (TPSA) is 82.7 Å². The van der Waals surface area contributed by atoms with Crippen LogP contribution in [0.3, 0.4) is 0 Å². The van der Waals surface area contributed by atoms with E-state index in [0.29, 0.717) is 24.7 Å². The molecule has 1 unspecified atom stereocenters. The summed E-state index contributed by atoms with van der Waals surface area (Å²) >= 11 is 0. The Morgan fingerprint density at radius 1 is 1.39 bits per heavy atom. The molecule has 0 amide bonds. The van der Waals surface area contributed by atoms with Gasteiger partial charge in [-0.1, -0.05) is 19.9 Å². The van der Waals surface area contributed by atoms with Gasteiger partial charge in [0.15, 0.2) is 12.2 Å². The van der Waals surface area contributed by atoms with E-state index in [1.54, 1.807) is 26.0 Å². The smallest absolute Gasteiger partial charge is 0.273 e. The van der Waals surface area contributed by atoms with Crippen LogP contribution >= 0.6 is 0 Å². The van der Waals surface area contributed by atoms with E-state index in [0.717, 1.165) is 12.1 Å². The van der Waals surface area contributed by atoms with E-state index in [1.165, 1.54) is 10.7 Å². The van der Waals surface area contributed by atoms with Crippen molar-refractivity contribution < 1.29 is 23.1 Å². The predicted octanol–water partition coefficient (Wildman–Crippen LogP) is 3.64. The molecular formula is C21H28F3N5O2. The number of hydrogen-bond donors (Lipinski definition) is 2. The standard InChI is InChI=1S/C21H28F3N5O2/c1-12(2)18(13-7-8-15(16(22)9-13)21(3,23)24)29-19(26-20(25-4)28(5)6)14(10-30)17(11-31)27-29/h7-10,12,18,31H,11H2,1-6H3,(H,25,26). The second-order valence-corrected chi connectivity index (χ2v) is 7.81. The molecule has 0 aliphatic rings. The lowest BCUT2D eigenvalue weighted by molar-refractivity contribution is 0.0137. The Bertz CT molecular complexity index is 965. The van der Waals surface area contributed by atoms with Crippen molar-refractivity contribution >= 4 is 18.1 Å². The molecule has 1 heterocycles. The van der Waals surface area contributed by atoms with Crippen molar-refractivity contribution in [3.05, 3.63) is 46.4 Å². The fourth-order valence-electron chi connectivity index (χ4n) is 3.41. The molecular weight excluding hydrogens is 411 g/mol. The second-order valence-electron chi connectivity index (χ2n) is 7.81. The van der Waals surface area contributed by atoms with E-state index in [2.05, 4.69) is 15.4 Å². The number of guanidine groups is 1. The second kappa shape index (κ2) is 9.51. The average Bonchev–Trinajstić information content (AvgIpc) is 3.01. The number of carbonyl (C=O) groups excluding carboxylic acids is 1. The van der Waals surface area contributed by atoms with Gasteiger partial charge < -0.3 is 15.3 Å². The summed E-state index contributed by atoms with van der Waals surface area (Å²) < 4.78 is 43.3. The van der Waals surface area contributed by atoms with Gasteiger partial charge in [-0.05, 0) is 23.6 Å². The van der Waals surface area contributed by atoms with Gasteiger partial charge in [-0.15, -0.1) is 0 Å². The summed E-state index contributed by atoms with van der Waals surface area (Å²) in [7, 11) is 5.07. The Kier molecular flexibility index (Phi) is 7.48. The molecule has 0 aliphatic heterocycles. The zero-order valence-electron chi connectivity index (χ0n) is 18.4. The molecule has 0 saturated carbocycles. The van der Waals surface area contributed by atoms with E-state index in [1.807, 2.05) is 13.8 Å². The minimum atomic E-state index is -3.32. The Hall–Kier alpha value is -2.88. The van der Waals surface area contributed by atoms with Crippen LogP contribution in [0.25, 0.3) is 0 Å². The lowest BCUT2D eigenvalue weighted by atomic mass is 9.94. The van der Waals surface area contributed by atoms with E-state index in [4.69, 9.17) is 0 Å². The number of aromatic nitrogens is 2. The van der Waals surface area contributed by atoms with Gasteiger partial charge >= 0.3 is 0 Å². The molecule has 1 aromatic heterocycles. The summed E-state index contributed by atoms with van der Waals surface area (Å²) in [6.45, 7) is 3.86. The third kappa shape index (κ3) is 5.07. The number of aliphatic hydroxyl groups excluding tert-OH is 1. The third-order valence-electron chi connectivity index (χ3n) is 4.86. The first-order valence-corrected chi connectivity index (χ1v) is 9.72. The fraction of sp³-hybridized carbons (Fsp3) is 0.476. The Balaban J connectivity index is 2.71. The zero-order chi connectivity index (χ0) is 23.5. The summed E-state index contributed by atoms with van der Waals surface area (Å²) in [6, 6.07) is 2.92. The molecule has 1 atom stereocenters. The molecule has 31 heavy (non-hydrogen) atoms. The van der Waals surface area contributed by atoms with Crippen molar-refractivity contribution in [3.63, 3.8) is 0 Å². The number of aliphatic imine (C=N–C) groups is 1. The van der Waals surface area contributed by atoms with Gasteiger partial charge in [-0.2, -0.15) is 5.10 Å². The van der Waals surface area contributed by atoms with E-state index in [9.17, 15) is 23.1 Å². The minimum absolute atomic E-state index is 0.133. The van der Waals surface area contributed by atoms with Gasteiger partial charge in [0.05, 0.1) is 23.8 Å². The molecule has 2 rings (SSSR count). The number of benzene rings is 1. The highest BCUT2D eigenvalue weighted by Gasteiger charge is 2.31. The van der Waals surface area contributed by atoms with Crippen molar-refractivity contribution in [2.45, 2.75) is 39.3 Å². The maximum Gasteiger partial charge on any atom is 0.273 e. The normalized spacial score (nSPS) is 13.5. The quantitative estimate of drug-likeness (QED) is 0.391. The Morgan fingerprint density at radius 3 is 2.45 bits per heavy atom. The lowest BCUT2D eigenvalue weighted by Crippen LogP contribution is -2.32. The molecule has 170 valence electrons. The van der Waals surface area contributed by atoms with Crippen molar-refractivity contribution in [2.75, 3.05) is 26.5 Å². The number of alkyl halides is 2. The number of carbonyl (C=O) groups is 1. The molecule has 7 nitrogen and oxygen atoms in total. The number of nitrogens with zero attached hydrogens (tertiary/aromatic N) is 4.